The van der Waals surface area contributed by atoms with E-state index in [4.69, 9.17) is 9.47 Å². The van der Waals surface area contributed by atoms with Crippen LogP contribution < -0.4 is 14.8 Å². The molecule has 0 radical (unpaired) electrons. The van der Waals surface area contributed by atoms with Crippen LogP contribution in [0.2, 0.25) is 0 Å². The number of benzene rings is 2. The molecule has 2 rings (SSSR count). The number of carbonyl (C=O) groups is 1. The van der Waals surface area contributed by atoms with E-state index in [-0.39, 0.29) is 6.10 Å². The quantitative estimate of drug-likeness (QED) is 0.685. The minimum atomic E-state index is -0.930. The van der Waals surface area contributed by atoms with Crippen molar-refractivity contribution in [3.05, 3.63) is 51.5 Å². The topological polar surface area (TPSA) is 67.8 Å². The largest absolute Gasteiger partial charge is 0.493 e. The molecule has 0 aromatic heterocycles. The maximum Gasteiger partial charge on any atom is 0.336 e. The standard InChI is InChI=1S/C19H22BrNO4/c1-11(2)25-18-15(20)8-13(9-17(18)24-4)10-21-16-7-5-6-14(12(16)3)19(22)23/h5-9,11,21H,10H2,1-4H3,(H,22,23). The number of ether oxygens (including phenoxy) is 2. The second kappa shape index (κ2) is 8.25. The Kier molecular flexibility index (Phi) is 6.31. The summed E-state index contributed by atoms with van der Waals surface area (Å²) < 4.78 is 12.0. The average molecular weight is 408 g/mol. The van der Waals surface area contributed by atoms with Crippen LogP contribution in [0.5, 0.6) is 11.5 Å². The summed E-state index contributed by atoms with van der Waals surface area (Å²) in [4.78, 5) is 11.2. The van der Waals surface area contributed by atoms with Gasteiger partial charge in [-0.25, -0.2) is 4.79 Å². The Morgan fingerprint density at radius 1 is 1.32 bits per heavy atom. The first kappa shape index (κ1) is 19.1. The first-order valence-electron chi connectivity index (χ1n) is 7.93. The van der Waals surface area contributed by atoms with E-state index in [2.05, 4.69) is 21.2 Å². The molecule has 0 saturated heterocycles. The van der Waals surface area contributed by atoms with E-state index in [0.717, 1.165) is 15.7 Å². The number of methoxy groups -OCH3 is 1. The smallest absolute Gasteiger partial charge is 0.336 e. The predicted octanol–water partition coefficient (Wildman–Crippen LogP) is 4.86. The fraction of sp³-hybridized carbons (Fsp3) is 0.316. The number of carboxylic acids is 1. The van der Waals surface area contributed by atoms with Gasteiger partial charge in [0.2, 0.25) is 0 Å². The molecule has 0 amide bonds. The fourth-order valence-electron chi connectivity index (χ4n) is 2.48. The van der Waals surface area contributed by atoms with Gasteiger partial charge in [-0.2, -0.15) is 0 Å². The second-order valence-corrected chi connectivity index (χ2v) is 6.77. The second-order valence-electron chi connectivity index (χ2n) is 5.91. The number of nitrogens with one attached hydrogen (secondary N) is 1. The summed E-state index contributed by atoms with van der Waals surface area (Å²) in [6.45, 7) is 6.24. The van der Waals surface area contributed by atoms with Gasteiger partial charge >= 0.3 is 5.97 Å². The molecular formula is C19H22BrNO4. The molecule has 0 aliphatic carbocycles. The van der Waals surface area contributed by atoms with Crippen molar-refractivity contribution >= 4 is 27.6 Å². The van der Waals surface area contributed by atoms with Crippen LogP contribution >= 0.6 is 15.9 Å². The average Bonchev–Trinajstić information content (AvgIpc) is 2.55. The molecule has 0 atom stereocenters. The van der Waals surface area contributed by atoms with E-state index in [1.54, 1.807) is 26.2 Å². The first-order chi connectivity index (χ1) is 11.8. The zero-order chi connectivity index (χ0) is 18.6. The number of hydrogen-bond donors (Lipinski definition) is 2. The van der Waals surface area contributed by atoms with Gasteiger partial charge in [0, 0.05) is 12.2 Å². The summed E-state index contributed by atoms with van der Waals surface area (Å²) in [5.74, 6) is 0.391. The number of hydrogen-bond acceptors (Lipinski definition) is 4. The summed E-state index contributed by atoms with van der Waals surface area (Å²) in [6, 6.07) is 9.06. The highest BCUT2D eigenvalue weighted by molar-refractivity contribution is 9.10. The van der Waals surface area contributed by atoms with E-state index in [0.29, 0.717) is 29.2 Å². The van der Waals surface area contributed by atoms with E-state index in [1.807, 2.05) is 32.0 Å². The van der Waals surface area contributed by atoms with E-state index in [1.165, 1.54) is 0 Å². The Morgan fingerprint density at radius 3 is 2.64 bits per heavy atom. The van der Waals surface area contributed by atoms with Crippen molar-refractivity contribution in [1.82, 2.24) is 0 Å². The van der Waals surface area contributed by atoms with Crippen LogP contribution in [0, 0.1) is 6.92 Å². The first-order valence-corrected chi connectivity index (χ1v) is 8.72. The molecule has 6 heteroatoms. The highest BCUT2D eigenvalue weighted by atomic mass is 79.9. The Balaban J connectivity index is 2.23. The van der Waals surface area contributed by atoms with Crippen LogP contribution in [0.3, 0.4) is 0 Å². The molecule has 0 heterocycles. The van der Waals surface area contributed by atoms with Crippen molar-refractivity contribution in [3.8, 4) is 11.5 Å². The highest BCUT2D eigenvalue weighted by Crippen LogP contribution is 2.37. The van der Waals surface area contributed by atoms with E-state index < -0.39 is 5.97 Å². The van der Waals surface area contributed by atoms with Crippen LogP contribution in [0.4, 0.5) is 5.69 Å². The van der Waals surface area contributed by atoms with Crippen molar-refractivity contribution in [3.63, 3.8) is 0 Å². The summed E-state index contributed by atoms with van der Waals surface area (Å²) in [5, 5.41) is 12.5. The number of aromatic carboxylic acids is 1. The van der Waals surface area contributed by atoms with Crippen LogP contribution in [-0.4, -0.2) is 24.3 Å². The molecule has 134 valence electrons. The lowest BCUT2D eigenvalue weighted by Crippen LogP contribution is -2.09. The van der Waals surface area contributed by atoms with Gasteiger partial charge < -0.3 is 19.9 Å². The molecule has 2 aromatic carbocycles. The molecular weight excluding hydrogens is 386 g/mol. The van der Waals surface area contributed by atoms with Gasteiger partial charge in [-0.05, 0) is 72.1 Å². The summed E-state index contributed by atoms with van der Waals surface area (Å²) in [5.41, 5.74) is 2.78. The molecule has 5 nitrogen and oxygen atoms in total. The molecule has 2 aromatic rings. The molecule has 0 aliphatic rings. The number of anilines is 1. The number of halogens is 1. The Labute approximate surface area is 156 Å². The van der Waals surface area contributed by atoms with Gasteiger partial charge in [0.15, 0.2) is 11.5 Å². The maximum absolute atomic E-state index is 11.2. The van der Waals surface area contributed by atoms with Crippen molar-refractivity contribution in [1.29, 1.82) is 0 Å². The lowest BCUT2D eigenvalue weighted by atomic mass is 10.1. The fourth-order valence-corrected chi connectivity index (χ4v) is 3.06. The summed E-state index contributed by atoms with van der Waals surface area (Å²) in [7, 11) is 1.60. The van der Waals surface area contributed by atoms with Gasteiger partial charge in [0.25, 0.3) is 0 Å². The summed E-state index contributed by atoms with van der Waals surface area (Å²) >= 11 is 3.53. The van der Waals surface area contributed by atoms with Gasteiger partial charge in [-0.1, -0.05) is 6.07 Å². The minimum Gasteiger partial charge on any atom is -0.493 e. The third-order valence-corrected chi connectivity index (χ3v) is 4.28. The lowest BCUT2D eigenvalue weighted by molar-refractivity contribution is 0.0696. The van der Waals surface area contributed by atoms with Crippen LogP contribution in [0.15, 0.2) is 34.8 Å². The van der Waals surface area contributed by atoms with Gasteiger partial charge in [-0.3, -0.25) is 0 Å². The summed E-state index contributed by atoms with van der Waals surface area (Å²) in [6.07, 6.45) is 0.0376. The molecule has 0 fully saturated rings. The van der Waals surface area contributed by atoms with E-state index in [9.17, 15) is 9.90 Å². The molecule has 0 aliphatic heterocycles. The van der Waals surface area contributed by atoms with Crippen LogP contribution in [-0.2, 0) is 6.54 Å². The van der Waals surface area contributed by atoms with Gasteiger partial charge in [-0.15, -0.1) is 0 Å². The third kappa shape index (κ3) is 4.66. The zero-order valence-electron chi connectivity index (χ0n) is 14.7. The van der Waals surface area contributed by atoms with Crippen molar-refractivity contribution in [2.75, 3.05) is 12.4 Å². The zero-order valence-corrected chi connectivity index (χ0v) is 16.3. The Bertz CT molecular complexity index is 774. The van der Waals surface area contributed by atoms with E-state index >= 15 is 0 Å². The number of rotatable bonds is 7. The molecule has 2 N–H and O–H groups in total. The highest BCUT2D eigenvalue weighted by Gasteiger charge is 2.14. The Hall–Kier alpha value is -2.21. The van der Waals surface area contributed by atoms with Crippen LogP contribution in [0.1, 0.15) is 35.3 Å². The number of carboxylic acid groups (broad SMARTS) is 1. The molecule has 0 spiro atoms. The lowest BCUT2D eigenvalue weighted by Gasteiger charge is -2.17. The molecule has 25 heavy (non-hydrogen) atoms. The normalized spacial score (nSPS) is 10.6. The Morgan fingerprint density at radius 2 is 2.04 bits per heavy atom. The molecule has 0 saturated carbocycles. The molecule has 0 unspecified atom stereocenters. The third-order valence-electron chi connectivity index (χ3n) is 3.69. The van der Waals surface area contributed by atoms with Crippen molar-refractivity contribution < 1.29 is 19.4 Å². The van der Waals surface area contributed by atoms with Crippen LogP contribution in [0.25, 0.3) is 0 Å². The van der Waals surface area contributed by atoms with Gasteiger partial charge in [0.1, 0.15) is 0 Å². The van der Waals surface area contributed by atoms with Crippen molar-refractivity contribution in [2.45, 2.75) is 33.4 Å². The van der Waals surface area contributed by atoms with Crippen molar-refractivity contribution in [2.24, 2.45) is 0 Å². The van der Waals surface area contributed by atoms with Gasteiger partial charge in [0.05, 0.1) is 23.2 Å². The minimum absolute atomic E-state index is 0.0376. The molecule has 0 bridgehead atoms. The SMILES string of the molecule is COc1cc(CNc2cccc(C(=O)O)c2C)cc(Br)c1OC(C)C. The monoisotopic (exact) mass is 407 g/mol. The predicted molar refractivity (Wildman–Crippen MR) is 102 cm³/mol. The maximum atomic E-state index is 11.2.